The van der Waals surface area contributed by atoms with Crippen LogP contribution in [0, 0.1) is 10.1 Å². The molecule has 1 aromatic rings. The minimum Gasteiger partial charge on any atom is -0.396 e. The summed E-state index contributed by atoms with van der Waals surface area (Å²) in [6.45, 7) is -0.430. The topological polar surface area (TPSA) is 130 Å². The van der Waals surface area contributed by atoms with Crippen molar-refractivity contribution >= 4 is 15.7 Å². The summed E-state index contributed by atoms with van der Waals surface area (Å²) in [6, 6.07) is 3.87. The summed E-state index contributed by atoms with van der Waals surface area (Å²) < 4.78 is 26.4. The van der Waals surface area contributed by atoms with Crippen molar-refractivity contribution in [3.63, 3.8) is 0 Å². The number of aliphatic hydroxyl groups excluding tert-OH is 2. The highest BCUT2D eigenvalue weighted by Crippen LogP contribution is 2.16. The maximum atomic E-state index is 12.0. The Hall–Kier alpha value is -1.55. The summed E-state index contributed by atoms with van der Waals surface area (Å²) >= 11 is 0. The monoisotopic (exact) mass is 304 g/mol. The van der Waals surface area contributed by atoms with Crippen LogP contribution in [0.25, 0.3) is 0 Å². The zero-order valence-corrected chi connectivity index (χ0v) is 11.4. The minimum absolute atomic E-state index is 0.107. The fourth-order valence-electron chi connectivity index (χ4n) is 1.61. The fraction of sp³-hybridized carbons (Fsp3) is 0.455. The molecule has 0 heterocycles. The molecule has 0 unspecified atom stereocenters. The van der Waals surface area contributed by atoms with Crippen LogP contribution in [0.5, 0.6) is 0 Å². The lowest BCUT2D eigenvalue weighted by molar-refractivity contribution is -0.384. The molecule has 112 valence electrons. The molecule has 0 radical (unpaired) electrons. The number of hydrogen-bond acceptors (Lipinski definition) is 6. The molecule has 0 bridgehead atoms. The van der Waals surface area contributed by atoms with Crippen molar-refractivity contribution in [1.82, 2.24) is 4.72 Å². The first-order valence-corrected chi connectivity index (χ1v) is 7.37. The highest BCUT2D eigenvalue weighted by atomic mass is 32.2. The van der Waals surface area contributed by atoms with E-state index in [9.17, 15) is 18.5 Å². The molecular formula is C11H16N2O6S. The van der Waals surface area contributed by atoms with Crippen molar-refractivity contribution in [2.24, 2.45) is 0 Å². The lowest BCUT2D eigenvalue weighted by Crippen LogP contribution is -2.36. The van der Waals surface area contributed by atoms with Crippen molar-refractivity contribution in [2.45, 2.75) is 23.8 Å². The van der Waals surface area contributed by atoms with Gasteiger partial charge in [0.15, 0.2) is 0 Å². The van der Waals surface area contributed by atoms with Gasteiger partial charge in [0, 0.05) is 31.4 Å². The van der Waals surface area contributed by atoms with E-state index in [0.29, 0.717) is 0 Å². The number of aliphatic hydroxyl groups is 2. The first-order chi connectivity index (χ1) is 9.40. The van der Waals surface area contributed by atoms with Crippen molar-refractivity contribution in [1.29, 1.82) is 0 Å². The Morgan fingerprint density at radius 3 is 2.05 bits per heavy atom. The van der Waals surface area contributed by atoms with Gasteiger partial charge in [-0.15, -0.1) is 0 Å². The van der Waals surface area contributed by atoms with Gasteiger partial charge in [0.2, 0.25) is 10.0 Å². The molecule has 0 saturated heterocycles. The van der Waals surface area contributed by atoms with Crippen LogP contribution in [0.1, 0.15) is 12.8 Å². The third-order valence-electron chi connectivity index (χ3n) is 2.63. The first kappa shape index (κ1) is 16.5. The second-order valence-corrected chi connectivity index (χ2v) is 5.81. The van der Waals surface area contributed by atoms with Gasteiger partial charge in [-0.3, -0.25) is 10.1 Å². The van der Waals surface area contributed by atoms with Gasteiger partial charge in [0.25, 0.3) is 5.69 Å². The lowest BCUT2D eigenvalue weighted by Gasteiger charge is -2.16. The van der Waals surface area contributed by atoms with Crippen LogP contribution in [0.15, 0.2) is 29.2 Å². The van der Waals surface area contributed by atoms with E-state index < -0.39 is 21.0 Å². The third kappa shape index (κ3) is 4.53. The summed E-state index contributed by atoms with van der Waals surface area (Å²) in [5.41, 5.74) is -0.203. The summed E-state index contributed by atoms with van der Waals surface area (Å²) in [5.74, 6) is 0. The number of benzene rings is 1. The van der Waals surface area contributed by atoms with Gasteiger partial charge in [0.05, 0.1) is 9.82 Å². The first-order valence-electron chi connectivity index (χ1n) is 5.89. The maximum absolute atomic E-state index is 12.0. The van der Waals surface area contributed by atoms with Gasteiger partial charge in [-0.2, -0.15) is 0 Å². The minimum atomic E-state index is -3.84. The molecule has 9 heteroatoms. The molecule has 0 saturated carbocycles. The summed E-state index contributed by atoms with van der Waals surface area (Å²) in [4.78, 5) is 9.77. The summed E-state index contributed by atoms with van der Waals surface area (Å²) in [7, 11) is -3.84. The molecule has 0 fully saturated rings. The highest BCUT2D eigenvalue weighted by molar-refractivity contribution is 7.89. The molecule has 1 rings (SSSR count). The van der Waals surface area contributed by atoms with Crippen LogP contribution in [0.4, 0.5) is 5.69 Å². The summed E-state index contributed by atoms with van der Waals surface area (Å²) in [5, 5.41) is 28.2. The van der Waals surface area contributed by atoms with E-state index in [4.69, 9.17) is 10.2 Å². The van der Waals surface area contributed by atoms with Crippen molar-refractivity contribution in [3.8, 4) is 0 Å². The number of hydrogen-bond donors (Lipinski definition) is 3. The molecule has 0 aliphatic carbocycles. The Kier molecular flexibility index (Phi) is 6.02. The van der Waals surface area contributed by atoms with Crippen LogP contribution in [0.3, 0.4) is 0 Å². The zero-order valence-electron chi connectivity index (χ0n) is 10.6. The average molecular weight is 304 g/mol. The van der Waals surface area contributed by atoms with E-state index in [2.05, 4.69) is 4.72 Å². The van der Waals surface area contributed by atoms with Gasteiger partial charge in [-0.05, 0) is 25.0 Å². The number of non-ortho nitro benzene ring substituents is 1. The van der Waals surface area contributed by atoms with E-state index in [1.807, 2.05) is 0 Å². The number of nitrogens with zero attached hydrogens (tertiary/aromatic N) is 1. The molecule has 1 aromatic carbocycles. The van der Waals surface area contributed by atoms with Crippen molar-refractivity contribution in [2.75, 3.05) is 13.2 Å². The van der Waals surface area contributed by atoms with E-state index in [1.165, 1.54) is 0 Å². The van der Waals surface area contributed by atoms with Gasteiger partial charge in [-0.25, -0.2) is 13.1 Å². The largest absolute Gasteiger partial charge is 0.396 e. The lowest BCUT2D eigenvalue weighted by atomic mass is 10.2. The van der Waals surface area contributed by atoms with E-state index >= 15 is 0 Å². The van der Waals surface area contributed by atoms with Crippen LogP contribution in [0.2, 0.25) is 0 Å². The number of rotatable bonds is 8. The third-order valence-corrected chi connectivity index (χ3v) is 4.17. The Morgan fingerprint density at radius 1 is 1.15 bits per heavy atom. The molecule has 0 spiro atoms. The normalized spacial score (nSPS) is 11.8. The Bertz CT molecular complexity index is 537. The van der Waals surface area contributed by atoms with Crippen LogP contribution >= 0.6 is 0 Å². The highest BCUT2D eigenvalue weighted by Gasteiger charge is 2.20. The van der Waals surface area contributed by atoms with Crippen LogP contribution in [-0.2, 0) is 10.0 Å². The van der Waals surface area contributed by atoms with Gasteiger partial charge >= 0.3 is 0 Å². The predicted molar refractivity (Wildman–Crippen MR) is 70.6 cm³/mol. The van der Waals surface area contributed by atoms with E-state index in [0.717, 1.165) is 24.3 Å². The Morgan fingerprint density at radius 2 is 1.65 bits per heavy atom. The number of nitrogens with one attached hydrogen (secondary N) is 1. The molecular weight excluding hydrogens is 288 g/mol. The number of sulfonamides is 1. The fourth-order valence-corrected chi connectivity index (χ4v) is 2.91. The molecule has 0 aliphatic rings. The smallest absolute Gasteiger partial charge is 0.269 e. The van der Waals surface area contributed by atoms with Gasteiger partial charge < -0.3 is 10.2 Å². The second-order valence-electron chi connectivity index (χ2n) is 4.09. The van der Waals surface area contributed by atoms with E-state index in [1.54, 1.807) is 0 Å². The zero-order chi connectivity index (χ0) is 15.2. The van der Waals surface area contributed by atoms with Crippen LogP contribution in [-0.4, -0.2) is 42.8 Å². The molecule has 0 atom stereocenters. The molecule has 0 aliphatic heterocycles. The second kappa shape index (κ2) is 7.29. The van der Waals surface area contributed by atoms with Gasteiger partial charge in [0.1, 0.15) is 0 Å². The Labute approximate surface area is 116 Å². The average Bonchev–Trinajstić information content (AvgIpc) is 2.39. The Balaban J connectivity index is 2.89. The quantitative estimate of drug-likeness (QED) is 0.458. The summed E-state index contributed by atoms with van der Waals surface area (Å²) in [6.07, 6.45) is 0.347. The number of nitro benzene ring substituents is 1. The molecule has 8 nitrogen and oxygen atoms in total. The molecule has 3 N–H and O–H groups in total. The van der Waals surface area contributed by atoms with Crippen molar-refractivity contribution < 1.29 is 23.6 Å². The SMILES string of the molecule is O=[N+]([O-])c1ccc(S(=O)(=O)NC(CCO)CCO)cc1. The predicted octanol–water partition coefficient (Wildman–Crippen LogP) is 0.00650. The van der Waals surface area contributed by atoms with Gasteiger partial charge in [-0.1, -0.05) is 0 Å². The standard InChI is InChI=1S/C11H16N2O6S/c14-7-5-9(6-8-15)12-20(18,19)11-3-1-10(2-4-11)13(16)17/h1-4,9,12,14-15H,5-8H2. The van der Waals surface area contributed by atoms with Crippen LogP contribution < -0.4 is 4.72 Å². The molecule has 0 amide bonds. The van der Waals surface area contributed by atoms with E-state index in [-0.39, 0.29) is 36.6 Å². The maximum Gasteiger partial charge on any atom is 0.269 e. The van der Waals surface area contributed by atoms with Crippen molar-refractivity contribution in [3.05, 3.63) is 34.4 Å². The number of nitro groups is 1. The molecule has 0 aromatic heterocycles. The molecule has 20 heavy (non-hydrogen) atoms.